The van der Waals surface area contributed by atoms with Crippen LogP contribution in [0.3, 0.4) is 0 Å². The second-order valence-corrected chi connectivity index (χ2v) is 7.46. The molecule has 4 nitrogen and oxygen atoms in total. The van der Waals surface area contributed by atoms with Gasteiger partial charge in [0.2, 0.25) is 0 Å². The topological polar surface area (TPSA) is 49.4 Å². The largest absolute Gasteiger partial charge is 0.249 e. The zero-order chi connectivity index (χ0) is 19.4. The Kier molecular flexibility index (Phi) is 4.88. The fourth-order valence-corrected chi connectivity index (χ4v) is 3.82. The summed E-state index contributed by atoms with van der Waals surface area (Å²) in [7, 11) is 0. The molecule has 5 heterocycles. The molecule has 0 spiro atoms. The van der Waals surface area contributed by atoms with Crippen LogP contribution < -0.4 is 0 Å². The third-order valence-corrected chi connectivity index (χ3v) is 5.47. The van der Waals surface area contributed by atoms with Gasteiger partial charge in [0.1, 0.15) is 0 Å². The second kappa shape index (κ2) is 7.24. The summed E-state index contributed by atoms with van der Waals surface area (Å²) in [6, 6.07) is 0. The van der Waals surface area contributed by atoms with E-state index in [1.54, 1.807) is 0 Å². The molecule has 0 aromatic heterocycles. The van der Waals surface area contributed by atoms with Crippen LogP contribution in [0.4, 0.5) is 0 Å². The number of hydrogen-bond acceptors (Lipinski definition) is 4. The molecule has 0 aromatic carbocycles. The number of nitrogens with zero attached hydrogens (tertiary/aromatic N) is 4. The Morgan fingerprint density at radius 3 is 1.86 bits per heavy atom. The fourth-order valence-electron chi connectivity index (χ4n) is 3.82. The minimum atomic E-state index is 0. The van der Waals surface area contributed by atoms with Gasteiger partial charge in [0.15, 0.2) is 0 Å². The van der Waals surface area contributed by atoms with Gasteiger partial charge < -0.3 is 0 Å². The van der Waals surface area contributed by atoms with Gasteiger partial charge in [-0.05, 0) is 93.0 Å². The minimum Gasteiger partial charge on any atom is -0.249 e. The summed E-state index contributed by atoms with van der Waals surface area (Å²) in [4.78, 5) is 19.2. The SMILES string of the molecule is CC1=CC2=CC3=NC(=CC4=NC(=CC5=NC(=C(C)C1=N2)C(C)=C5C)C=C4)C=C3.[Zn]. The molecule has 0 radical (unpaired) electrons. The zero-order valence-corrected chi connectivity index (χ0v) is 20.1. The van der Waals surface area contributed by atoms with Gasteiger partial charge in [0, 0.05) is 25.1 Å². The number of hydrogen-bond donors (Lipinski definition) is 0. The quantitative estimate of drug-likeness (QED) is 0.479. The second-order valence-electron chi connectivity index (χ2n) is 7.46. The average molecular weight is 430 g/mol. The van der Waals surface area contributed by atoms with Crippen LogP contribution >= 0.6 is 0 Å². The molecule has 5 rings (SSSR count). The average Bonchev–Trinajstić information content (AvgIpc) is 3.42. The molecule has 0 amide bonds. The van der Waals surface area contributed by atoms with E-state index < -0.39 is 0 Å². The van der Waals surface area contributed by atoms with Crippen molar-refractivity contribution in [3.63, 3.8) is 0 Å². The van der Waals surface area contributed by atoms with Crippen LogP contribution in [0.2, 0.25) is 0 Å². The third-order valence-electron chi connectivity index (χ3n) is 5.47. The van der Waals surface area contributed by atoms with E-state index in [0.717, 1.165) is 56.8 Å². The monoisotopic (exact) mass is 428 g/mol. The standard InChI is InChI=1S/C24H20N4.Zn/c1-13-9-21-11-19-6-5-17(25-19)10-18-7-8-20(26-18)12-22-14(2)15(3)24(28-22)16(4)23(13)27-21;/h5-12H,1-4H3;. The Morgan fingerprint density at radius 2 is 1.17 bits per heavy atom. The number of aliphatic imine (C=N–C) groups is 4. The molecule has 138 valence electrons. The Hall–Kier alpha value is -2.78. The summed E-state index contributed by atoms with van der Waals surface area (Å²) < 4.78 is 0. The predicted molar refractivity (Wildman–Crippen MR) is 117 cm³/mol. The Bertz CT molecular complexity index is 1220. The van der Waals surface area contributed by atoms with E-state index in [9.17, 15) is 0 Å². The van der Waals surface area contributed by atoms with Gasteiger partial charge in [-0.25, -0.2) is 20.0 Å². The Morgan fingerprint density at radius 1 is 0.552 bits per heavy atom. The first-order chi connectivity index (χ1) is 13.5. The molecule has 5 aliphatic heterocycles. The normalized spacial score (nSPS) is 21.9. The van der Waals surface area contributed by atoms with Crippen molar-refractivity contribution in [2.45, 2.75) is 27.7 Å². The van der Waals surface area contributed by atoms with E-state index in [0.29, 0.717) is 0 Å². The summed E-state index contributed by atoms with van der Waals surface area (Å²) in [6.07, 6.45) is 16.2. The van der Waals surface area contributed by atoms with E-state index >= 15 is 0 Å². The van der Waals surface area contributed by atoms with Crippen molar-refractivity contribution in [3.8, 4) is 0 Å². The molecule has 0 unspecified atom stereocenters. The molecular weight excluding hydrogens is 410 g/mol. The molecule has 0 aliphatic carbocycles. The Labute approximate surface area is 183 Å². The molecule has 0 atom stereocenters. The van der Waals surface area contributed by atoms with E-state index in [1.165, 1.54) is 11.1 Å². The molecule has 0 saturated carbocycles. The van der Waals surface area contributed by atoms with Gasteiger partial charge in [-0.2, -0.15) is 0 Å². The summed E-state index contributed by atoms with van der Waals surface area (Å²) in [5.41, 5.74) is 12.1. The molecule has 0 saturated heterocycles. The summed E-state index contributed by atoms with van der Waals surface area (Å²) in [5.74, 6) is 0. The van der Waals surface area contributed by atoms with Crippen molar-refractivity contribution in [1.82, 2.24) is 0 Å². The fraction of sp³-hybridized carbons (Fsp3) is 0.167. The van der Waals surface area contributed by atoms with Crippen LogP contribution in [0.1, 0.15) is 27.7 Å². The van der Waals surface area contributed by atoms with Gasteiger partial charge in [-0.15, -0.1) is 0 Å². The zero-order valence-electron chi connectivity index (χ0n) is 17.1. The van der Waals surface area contributed by atoms with Crippen LogP contribution in [0.15, 0.2) is 114 Å². The smallest absolute Gasteiger partial charge is 0.0720 e. The van der Waals surface area contributed by atoms with Crippen molar-refractivity contribution in [2.75, 3.05) is 0 Å². The first-order valence-electron chi connectivity index (χ1n) is 9.42. The maximum Gasteiger partial charge on any atom is 0.0720 e. The molecule has 0 N–H and O–H groups in total. The summed E-state index contributed by atoms with van der Waals surface area (Å²) >= 11 is 0. The summed E-state index contributed by atoms with van der Waals surface area (Å²) in [5, 5.41) is 0. The molecule has 5 heteroatoms. The van der Waals surface area contributed by atoms with Crippen LogP contribution in [0.25, 0.3) is 0 Å². The van der Waals surface area contributed by atoms with Crippen molar-refractivity contribution >= 4 is 22.8 Å². The van der Waals surface area contributed by atoms with Crippen molar-refractivity contribution in [3.05, 3.63) is 93.7 Å². The van der Waals surface area contributed by atoms with Crippen molar-refractivity contribution in [2.24, 2.45) is 20.0 Å². The molecule has 29 heavy (non-hydrogen) atoms. The molecule has 5 aliphatic rings. The van der Waals surface area contributed by atoms with Crippen LogP contribution in [0.5, 0.6) is 0 Å². The first-order valence-corrected chi connectivity index (χ1v) is 9.42. The number of fused-ring (bicyclic) bond motifs is 4. The van der Waals surface area contributed by atoms with Crippen molar-refractivity contribution in [1.29, 1.82) is 0 Å². The van der Waals surface area contributed by atoms with Gasteiger partial charge in [-0.1, -0.05) is 0 Å². The Balaban J connectivity index is 0.00000205. The molecule has 0 fully saturated rings. The summed E-state index contributed by atoms with van der Waals surface area (Å²) in [6.45, 7) is 8.45. The molecular formula is C24H20N4Zn. The van der Waals surface area contributed by atoms with E-state index in [1.807, 2.05) is 36.5 Å². The molecule has 0 aromatic rings. The minimum absolute atomic E-state index is 0. The number of rotatable bonds is 0. The van der Waals surface area contributed by atoms with Gasteiger partial charge in [-0.3, -0.25) is 0 Å². The number of allylic oxidation sites excluding steroid dienone is 12. The van der Waals surface area contributed by atoms with Crippen LogP contribution in [0, 0.1) is 0 Å². The van der Waals surface area contributed by atoms with E-state index in [4.69, 9.17) is 15.0 Å². The maximum absolute atomic E-state index is 4.93. The molecule has 8 bridgehead atoms. The van der Waals surface area contributed by atoms with Crippen LogP contribution in [-0.4, -0.2) is 22.8 Å². The van der Waals surface area contributed by atoms with E-state index in [2.05, 4.69) is 44.8 Å². The predicted octanol–water partition coefficient (Wildman–Crippen LogP) is 5.14. The van der Waals surface area contributed by atoms with Crippen LogP contribution in [-0.2, 0) is 19.5 Å². The maximum atomic E-state index is 4.93. The van der Waals surface area contributed by atoms with E-state index in [-0.39, 0.29) is 19.5 Å². The van der Waals surface area contributed by atoms with Gasteiger partial charge in [0.25, 0.3) is 0 Å². The third kappa shape index (κ3) is 3.40. The van der Waals surface area contributed by atoms with Gasteiger partial charge in [0.05, 0.1) is 45.6 Å². The van der Waals surface area contributed by atoms with Gasteiger partial charge >= 0.3 is 0 Å². The first kappa shape index (κ1) is 19.5. The van der Waals surface area contributed by atoms with Crippen molar-refractivity contribution < 1.29 is 19.5 Å².